The van der Waals surface area contributed by atoms with Crippen molar-refractivity contribution in [2.75, 3.05) is 13.2 Å². The number of carbonyl (C=O) groups is 6. The lowest BCUT2D eigenvalue weighted by Crippen LogP contribution is -2.68. The van der Waals surface area contributed by atoms with Gasteiger partial charge in [-0.2, -0.15) is 0 Å². The van der Waals surface area contributed by atoms with Crippen molar-refractivity contribution in [1.82, 2.24) is 10.6 Å². The molecule has 0 aliphatic carbocycles. The maximum absolute atomic E-state index is 15.0. The molecule has 5 unspecified atom stereocenters. The molecule has 2 rings (SSSR count). The normalized spacial score (nSPS) is 19.8. The Hall–Kier alpha value is -3.31. The topological polar surface area (TPSA) is 319 Å². The Morgan fingerprint density at radius 3 is 0.904 bits per heavy atom. The van der Waals surface area contributed by atoms with Crippen molar-refractivity contribution in [3.05, 3.63) is 0 Å². The fraction of sp³-hybridized carbons (Fsp3) is 0.941. The fourth-order valence-electron chi connectivity index (χ4n) is 17.5. The summed E-state index contributed by atoms with van der Waals surface area (Å²) >= 11 is 0. The molecule has 125 heavy (non-hydrogen) atoms. The number of rotatable bonds is 86. The van der Waals surface area contributed by atoms with E-state index in [0.29, 0.717) is 75.5 Å². The van der Waals surface area contributed by atoms with Crippen LogP contribution in [0.25, 0.3) is 0 Å². The Morgan fingerprint density at radius 2 is 0.608 bits per heavy atom. The Bertz CT molecular complexity index is 2650. The smallest absolute Gasteiger partial charge is 0.462 e. The van der Waals surface area contributed by atoms with Gasteiger partial charge in [0.25, 0.3) is 0 Å². The first-order valence-corrected chi connectivity index (χ1v) is 53.8. The molecule has 0 aromatic rings. The van der Waals surface area contributed by atoms with Crippen molar-refractivity contribution in [2.24, 2.45) is 23.7 Å². The third kappa shape index (κ3) is 65.8. The summed E-state index contributed by atoms with van der Waals surface area (Å²) in [5, 5.41) is 41.6. The summed E-state index contributed by atoms with van der Waals surface area (Å²) in [6.45, 7) is 20.7. The Labute approximate surface area is 762 Å². The van der Waals surface area contributed by atoms with Crippen LogP contribution in [0.1, 0.15) is 506 Å². The van der Waals surface area contributed by atoms with E-state index in [4.69, 9.17) is 37.7 Å². The standard InChI is InChI=1S/C102H193N2O20P/c1-11-13-15-17-19-21-23-24-26-32-45-55-65-75-93(110)122-99-95(103-89(106)77-85(71-61-51-41-35-39-49-59-69-83(7)8)118-91(108)73-63-53-43-33-27-29-37-47-57-67-81(3)4)101(113)120-88(97(99)112)80-117-102-96(100(98(87(79-105)121-102)124-125(114,115)116)123-94(111)76-66-56-46-31-25-22-20-18-16-14-12-2)104-90(107)78-86(72-62-52-42-36-40-50-60-70-84(9)10)119-92(109)74-64-54-44-34-28-30-38-48-58-68-82(5)6/h81-88,95-102,105,112-113H,11-80H2,1-10H3,(H,103,106)(H,104,107)(H2,114,115,116)/t85-,86-,87?,88?,95?,96?,97-,98-,99-,100-,101?,102-/m1/s1. The number of hydrogen-bond donors (Lipinski definition) is 7. The lowest BCUT2D eigenvalue weighted by molar-refractivity contribution is -0.298. The number of hydrogen-bond acceptors (Lipinski definition) is 18. The third-order valence-electron chi connectivity index (χ3n) is 25.2. The maximum atomic E-state index is 15.0. The van der Waals surface area contributed by atoms with Crippen LogP contribution >= 0.6 is 7.82 Å². The number of carbonyl (C=O) groups excluding carboxylic acids is 6. The fourth-order valence-corrected chi connectivity index (χ4v) is 18.1. The van der Waals surface area contributed by atoms with E-state index < -0.39 is 130 Å². The van der Waals surface area contributed by atoms with Gasteiger partial charge >= 0.3 is 31.7 Å². The molecule has 2 aliphatic rings. The van der Waals surface area contributed by atoms with Crippen LogP contribution in [0.15, 0.2) is 0 Å². The van der Waals surface area contributed by atoms with E-state index in [1.807, 2.05) is 0 Å². The molecule has 7 N–H and O–H groups in total. The number of unbranched alkanes of at least 4 members (excludes halogenated alkanes) is 50. The summed E-state index contributed by atoms with van der Waals surface area (Å²) in [5.41, 5.74) is 0. The van der Waals surface area contributed by atoms with Gasteiger partial charge in [0.2, 0.25) is 11.8 Å². The van der Waals surface area contributed by atoms with Gasteiger partial charge in [-0.05, 0) is 75.0 Å². The maximum Gasteiger partial charge on any atom is 0.470 e. The Balaban J connectivity index is 2.63. The molecule has 2 aliphatic heterocycles. The van der Waals surface area contributed by atoms with Crippen LogP contribution in [-0.2, 0) is 71.0 Å². The number of nitrogens with one attached hydrogen (secondary N) is 2. The van der Waals surface area contributed by atoms with Gasteiger partial charge in [0, 0.05) is 25.7 Å². The molecular weight excluding hydrogens is 1600 g/mol. The summed E-state index contributed by atoms with van der Waals surface area (Å²) in [7, 11) is -5.51. The van der Waals surface area contributed by atoms with Crippen molar-refractivity contribution in [1.29, 1.82) is 0 Å². The number of phosphoric ester groups is 1. The zero-order valence-electron chi connectivity index (χ0n) is 81.5. The van der Waals surface area contributed by atoms with Gasteiger partial charge < -0.3 is 68.9 Å². The second-order valence-electron chi connectivity index (χ2n) is 39.3. The summed E-state index contributed by atoms with van der Waals surface area (Å²) in [6, 6.07) is -3.25. The van der Waals surface area contributed by atoms with Crippen LogP contribution < -0.4 is 10.6 Å². The van der Waals surface area contributed by atoms with Crippen molar-refractivity contribution < 1.29 is 96.1 Å². The van der Waals surface area contributed by atoms with E-state index in [2.05, 4.69) is 79.9 Å². The summed E-state index contributed by atoms with van der Waals surface area (Å²) in [6.07, 6.45) is 47.9. The Morgan fingerprint density at radius 1 is 0.336 bits per heavy atom. The van der Waals surface area contributed by atoms with E-state index in [1.54, 1.807) is 0 Å². The molecule has 0 saturated carbocycles. The molecule has 736 valence electrons. The second kappa shape index (κ2) is 78.2. The molecule has 0 spiro atoms. The minimum Gasteiger partial charge on any atom is -0.462 e. The highest BCUT2D eigenvalue weighted by Crippen LogP contribution is 2.43. The number of amides is 2. The lowest BCUT2D eigenvalue weighted by Gasteiger charge is -2.46. The van der Waals surface area contributed by atoms with Gasteiger partial charge in [0.15, 0.2) is 24.8 Å². The lowest BCUT2D eigenvalue weighted by atomic mass is 9.95. The Kier molecular flexibility index (Phi) is 73.7. The van der Waals surface area contributed by atoms with Gasteiger partial charge in [-0.25, -0.2) is 4.57 Å². The van der Waals surface area contributed by atoms with Crippen LogP contribution in [0.5, 0.6) is 0 Å². The average Bonchev–Trinajstić information content (AvgIpc) is 0.841. The molecule has 0 aromatic heterocycles. The number of esters is 4. The largest absolute Gasteiger partial charge is 0.470 e. The molecule has 0 bridgehead atoms. The number of phosphoric acid groups is 1. The molecule has 0 radical (unpaired) electrons. The summed E-state index contributed by atoms with van der Waals surface area (Å²) in [5.74, 6) is -0.973. The minimum absolute atomic E-state index is 0.0386. The highest BCUT2D eigenvalue weighted by molar-refractivity contribution is 7.46. The molecule has 2 heterocycles. The predicted molar refractivity (Wildman–Crippen MR) is 504 cm³/mol. The van der Waals surface area contributed by atoms with Crippen LogP contribution in [-0.4, -0.2) is 148 Å². The van der Waals surface area contributed by atoms with Gasteiger partial charge in [0.05, 0.1) is 26.1 Å². The zero-order chi connectivity index (χ0) is 91.8. The molecule has 2 saturated heterocycles. The minimum atomic E-state index is -5.51. The van der Waals surface area contributed by atoms with Crippen molar-refractivity contribution in [3.8, 4) is 0 Å². The van der Waals surface area contributed by atoms with Gasteiger partial charge in [-0.1, -0.05) is 416 Å². The van der Waals surface area contributed by atoms with E-state index in [9.17, 15) is 53.6 Å². The monoisotopic (exact) mass is 1800 g/mol. The van der Waals surface area contributed by atoms with Crippen molar-refractivity contribution in [2.45, 2.75) is 579 Å². The zero-order valence-corrected chi connectivity index (χ0v) is 82.4. The highest BCUT2D eigenvalue weighted by Gasteiger charge is 2.54. The molecular formula is C102H193N2O20P. The van der Waals surface area contributed by atoms with Crippen LogP contribution in [0.3, 0.4) is 0 Å². The number of aliphatic hydroxyl groups excluding tert-OH is 3. The number of aliphatic hydroxyl groups is 3. The molecule has 2 fully saturated rings. The molecule has 2 amide bonds. The van der Waals surface area contributed by atoms with Crippen LogP contribution in [0, 0.1) is 23.7 Å². The van der Waals surface area contributed by atoms with E-state index in [0.717, 1.165) is 166 Å². The summed E-state index contributed by atoms with van der Waals surface area (Å²) in [4.78, 5) is 107. The van der Waals surface area contributed by atoms with E-state index >= 15 is 4.79 Å². The van der Waals surface area contributed by atoms with Crippen LogP contribution in [0.2, 0.25) is 0 Å². The quantitative estimate of drug-likeness (QED) is 0.0129. The van der Waals surface area contributed by atoms with Crippen molar-refractivity contribution >= 4 is 43.5 Å². The van der Waals surface area contributed by atoms with E-state index in [1.165, 1.54) is 180 Å². The first-order chi connectivity index (χ1) is 60.3. The van der Waals surface area contributed by atoms with E-state index in [-0.39, 0.29) is 38.5 Å². The van der Waals surface area contributed by atoms with Gasteiger partial charge in [-0.3, -0.25) is 33.3 Å². The summed E-state index contributed by atoms with van der Waals surface area (Å²) < 4.78 is 62.0. The van der Waals surface area contributed by atoms with Gasteiger partial charge in [0.1, 0.15) is 48.7 Å². The third-order valence-corrected chi connectivity index (χ3v) is 25.7. The average molecular weight is 1800 g/mol. The van der Waals surface area contributed by atoms with Gasteiger partial charge in [-0.15, -0.1) is 0 Å². The van der Waals surface area contributed by atoms with Crippen molar-refractivity contribution in [3.63, 3.8) is 0 Å². The first kappa shape index (κ1) is 118. The first-order valence-electron chi connectivity index (χ1n) is 52.3. The molecule has 22 nitrogen and oxygen atoms in total. The SMILES string of the molecule is CCCCCCCCCCCCCCCC(=O)O[C@@H]1C(NC(=O)C[C@@H](CCCCCCCCCC(C)C)OC(=O)CCCCCCCCCCCC(C)C)C(O)OC(CO[C@@H]2OC(CO)[C@@H](OP(=O)(O)O)[C@H](OC(=O)CCCCCCCCCCCCC)C2NC(=O)C[C@@H](CCCCCCCCCC(C)C)OC(=O)CCCCCCCCCCCC(C)C)[C@H]1O. The highest BCUT2D eigenvalue weighted by atomic mass is 31.2. The second-order valence-corrected chi connectivity index (χ2v) is 40.5. The predicted octanol–water partition coefficient (Wildman–Crippen LogP) is 25.1. The molecule has 12 atom stereocenters. The molecule has 0 aromatic carbocycles. The van der Waals surface area contributed by atoms with Crippen LogP contribution in [0.4, 0.5) is 0 Å². The molecule has 23 heteroatoms. The number of ether oxygens (including phenoxy) is 7.